The smallest absolute Gasteiger partial charge is 0.329 e. The van der Waals surface area contributed by atoms with Crippen LogP contribution in [0.1, 0.15) is 23.6 Å². The molecule has 0 aliphatic carbocycles. The van der Waals surface area contributed by atoms with Crippen LogP contribution in [-0.2, 0) is 16.2 Å². The molecule has 2 N–H and O–H groups in total. The van der Waals surface area contributed by atoms with E-state index in [-0.39, 0.29) is 10.7 Å². The van der Waals surface area contributed by atoms with E-state index in [1.54, 1.807) is 24.3 Å². The molecule has 2 amide bonds. The first-order chi connectivity index (χ1) is 16.4. The number of nitrogens with zero attached hydrogens (tertiary/aromatic N) is 1. The van der Waals surface area contributed by atoms with Crippen LogP contribution in [0.3, 0.4) is 0 Å². The van der Waals surface area contributed by atoms with Crippen molar-refractivity contribution in [2.24, 2.45) is 5.10 Å². The van der Waals surface area contributed by atoms with E-state index in [0.717, 1.165) is 11.1 Å². The van der Waals surface area contributed by atoms with Crippen molar-refractivity contribution < 1.29 is 19.1 Å². The molecule has 0 atom stereocenters. The van der Waals surface area contributed by atoms with Crippen molar-refractivity contribution >= 4 is 46.9 Å². The van der Waals surface area contributed by atoms with Gasteiger partial charge >= 0.3 is 11.8 Å². The number of anilines is 1. The number of rotatable bonds is 8. The zero-order valence-electron chi connectivity index (χ0n) is 18.6. The van der Waals surface area contributed by atoms with Gasteiger partial charge in [-0.1, -0.05) is 53.0 Å². The van der Waals surface area contributed by atoms with Crippen molar-refractivity contribution in [3.63, 3.8) is 0 Å². The zero-order valence-corrected chi connectivity index (χ0v) is 20.1. The average molecular weight is 500 g/mol. The summed E-state index contributed by atoms with van der Waals surface area (Å²) in [4.78, 5) is 24.1. The van der Waals surface area contributed by atoms with Crippen LogP contribution in [0.4, 0.5) is 5.69 Å². The lowest BCUT2D eigenvalue weighted by molar-refractivity contribution is -0.136. The average Bonchev–Trinajstić information content (AvgIpc) is 2.81. The zero-order chi connectivity index (χ0) is 24.5. The summed E-state index contributed by atoms with van der Waals surface area (Å²) >= 11 is 11.9. The summed E-state index contributed by atoms with van der Waals surface area (Å²) in [5.74, 6) is -0.771. The first-order valence-corrected chi connectivity index (χ1v) is 11.2. The SMILES string of the molecule is CCOc1cc(/C=N/NC(=O)C(=O)Nc2cc(Cl)ccc2Cl)ccc1OCc1cccc(C)c1. The third-order valence-corrected chi connectivity index (χ3v) is 5.07. The number of carbonyl (C=O) groups excluding carboxylic acids is 2. The Morgan fingerprint density at radius 1 is 0.971 bits per heavy atom. The van der Waals surface area contributed by atoms with E-state index in [0.29, 0.717) is 35.3 Å². The summed E-state index contributed by atoms with van der Waals surface area (Å²) in [6, 6.07) is 17.8. The van der Waals surface area contributed by atoms with E-state index in [2.05, 4.69) is 21.9 Å². The molecule has 3 aromatic carbocycles. The minimum Gasteiger partial charge on any atom is -0.490 e. The molecule has 0 aliphatic heterocycles. The van der Waals surface area contributed by atoms with E-state index in [9.17, 15) is 9.59 Å². The maximum atomic E-state index is 12.1. The lowest BCUT2D eigenvalue weighted by Crippen LogP contribution is -2.32. The quantitative estimate of drug-likeness (QED) is 0.247. The lowest BCUT2D eigenvalue weighted by atomic mass is 10.1. The molecule has 3 aromatic rings. The molecule has 0 aliphatic rings. The van der Waals surface area contributed by atoms with E-state index < -0.39 is 11.8 Å². The van der Waals surface area contributed by atoms with Gasteiger partial charge in [0.25, 0.3) is 0 Å². The van der Waals surface area contributed by atoms with Crippen LogP contribution in [0.5, 0.6) is 11.5 Å². The Bertz CT molecular complexity index is 1210. The fourth-order valence-electron chi connectivity index (χ4n) is 2.94. The molecule has 0 aromatic heterocycles. The minimum absolute atomic E-state index is 0.223. The van der Waals surface area contributed by atoms with E-state index in [4.69, 9.17) is 32.7 Å². The second-order valence-corrected chi connectivity index (χ2v) is 8.04. The molecule has 0 saturated heterocycles. The van der Waals surface area contributed by atoms with Crippen LogP contribution in [0.2, 0.25) is 10.0 Å². The topological polar surface area (TPSA) is 89.0 Å². The van der Waals surface area contributed by atoms with Crippen LogP contribution in [0.15, 0.2) is 65.8 Å². The number of ether oxygens (including phenoxy) is 2. The van der Waals surface area contributed by atoms with Gasteiger partial charge < -0.3 is 14.8 Å². The molecule has 9 heteroatoms. The van der Waals surface area contributed by atoms with Gasteiger partial charge in [-0.15, -0.1) is 0 Å². The first kappa shape index (κ1) is 25.1. The molecule has 0 unspecified atom stereocenters. The van der Waals surface area contributed by atoms with Gasteiger partial charge in [-0.05, 0) is 61.4 Å². The van der Waals surface area contributed by atoms with E-state index in [1.165, 1.54) is 18.3 Å². The Morgan fingerprint density at radius 3 is 2.56 bits per heavy atom. The minimum atomic E-state index is -0.963. The Hall–Kier alpha value is -3.55. The van der Waals surface area contributed by atoms with Gasteiger partial charge in [-0.2, -0.15) is 5.10 Å². The Kier molecular flexibility index (Phi) is 8.90. The monoisotopic (exact) mass is 499 g/mol. The summed E-state index contributed by atoms with van der Waals surface area (Å²) in [6.07, 6.45) is 1.39. The predicted molar refractivity (Wildman–Crippen MR) is 134 cm³/mol. The second kappa shape index (κ2) is 12.1. The lowest BCUT2D eigenvalue weighted by Gasteiger charge is -2.13. The molecular weight excluding hydrogens is 477 g/mol. The third-order valence-electron chi connectivity index (χ3n) is 4.51. The molecule has 0 fully saturated rings. The van der Waals surface area contributed by atoms with E-state index >= 15 is 0 Å². The van der Waals surface area contributed by atoms with E-state index in [1.807, 2.05) is 32.0 Å². The number of halogens is 2. The highest BCUT2D eigenvalue weighted by atomic mass is 35.5. The first-order valence-electron chi connectivity index (χ1n) is 10.4. The van der Waals surface area contributed by atoms with Crippen LogP contribution in [-0.4, -0.2) is 24.6 Å². The van der Waals surface area contributed by atoms with Crippen LogP contribution in [0, 0.1) is 6.92 Å². The number of hydrazone groups is 1. The van der Waals surface area contributed by atoms with Crippen molar-refractivity contribution in [2.45, 2.75) is 20.5 Å². The van der Waals surface area contributed by atoms with Gasteiger partial charge in [-0.25, -0.2) is 5.43 Å². The van der Waals surface area contributed by atoms with Gasteiger partial charge in [-0.3, -0.25) is 9.59 Å². The number of amides is 2. The van der Waals surface area contributed by atoms with Crippen molar-refractivity contribution in [1.29, 1.82) is 0 Å². The van der Waals surface area contributed by atoms with Crippen molar-refractivity contribution in [1.82, 2.24) is 5.43 Å². The van der Waals surface area contributed by atoms with Gasteiger partial charge in [0.15, 0.2) is 11.5 Å². The highest BCUT2D eigenvalue weighted by molar-refractivity contribution is 6.42. The second-order valence-electron chi connectivity index (χ2n) is 7.19. The summed E-state index contributed by atoms with van der Waals surface area (Å²) in [5, 5.41) is 6.85. The van der Waals surface area contributed by atoms with Gasteiger partial charge in [0, 0.05) is 5.02 Å². The Balaban J connectivity index is 1.61. The maximum Gasteiger partial charge on any atom is 0.329 e. The number of aryl methyl sites for hydroxylation is 1. The van der Waals surface area contributed by atoms with Crippen LogP contribution >= 0.6 is 23.2 Å². The molecule has 0 spiro atoms. The van der Waals surface area contributed by atoms with Crippen molar-refractivity contribution in [3.8, 4) is 11.5 Å². The molecule has 0 bridgehead atoms. The standard InChI is InChI=1S/C25H23Cl2N3O4/c1-3-33-23-12-17(7-10-22(23)34-15-18-6-4-5-16(2)11-18)14-28-30-25(32)24(31)29-21-13-19(26)8-9-20(21)27/h4-14H,3,15H2,1-2H3,(H,29,31)(H,30,32)/b28-14+. The van der Waals surface area contributed by atoms with Crippen LogP contribution in [0.25, 0.3) is 0 Å². The number of hydrogen-bond acceptors (Lipinski definition) is 5. The van der Waals surface area contributed by atoms with Crippen molar-refractivity contribution in [3.05, 3.63) is 87.4 Å². The maximum absolute atomic E-state index is 12.1. The molecule has 34 heavy (non-hydrogen) atoms. The third kappa shape index (κ3) is 7.23. The van der Waals surface area contributed by atoms with Gasteiger partial charge in [0.05, 0.1) is 23.5 Å². The molecule has 176 valence electrons. The number of hydrogen-bond donors (Lipinski definition) is 2. The largest absolute Gasteiger partial charge is 0.490 e. The summed E-state index contributed by atoms with van der Waals surface area (Å²) in [5.41, 5.74) is 5.25. The fraction of sp³-hybridized carbons (Fsp3) is 0.160. The molecule has 3 rings (SSSR count). The summed E-state index contributed by atoms with van der Waals surface area (Å²) in [6.45, 7) is 4.75. The van der Waals surface area contributed by atoms with Gasteiger partial charge in [0.2, 0.25) is 0 Å². The normalized spacial score (nSPS) is 10.7. The fourth-order valence-corrected chi connectivity index (χ4v) is 3.28. The molecule has 7 nitrogen and oxygen atoms in total. The Morgan fingerprint density at radius 2 is 1.79 bits per heavy atom. The Labute approximate surface area is 207 Å². The highest BCUT2D eigenvalue weighted by Crippen LogP contribution is 2.29. The number of carbonyl (C=O) groups is 2. The molecular formula is C25H23Cl2N3O4. The number of nitrogens with one attached hydrogen (secondary N) is 2. The van der Waals surface area contributed by atoms with Gasteiger partial charge in [0.1, 0.15) is 6.61 Å². The molecule has 0 saturated carbocycles. The predicted octanol–water partition coefficient (Wildman–Crippen LogP) is 5.37. The summed E-state index contributed by atoms with van der Waals surface area (Å²) < 4.78 is 11.6. The number of benzene rings is 3. The molecule has 0 heterocycles. The molecule has 0 radical (unpaired) electrons. The highest BCUT2D eigenvalue weighted by Gasteiger charge is 2.15. The van der Waals surface area contributed by atoms with Crippen LogP contribution < -0.4 is 20.2 Å². The summed E-state index contributed by atoms with van der Waals surface area (Å²) in [7, 11) is 0. The van der Waals surface area contributed by atoms with Crippen molar-refractivity contribution in [2.75, 3.05) is 11.9 Å².